The molecule has 1 N–H and O–H groups in total. The zero-order chi connectivity index (χ0) is 22.9. The molecule has 2 aliphatic carbocycles. The van der Waals surface area contributed by atoms with E-state index < -0.39 is 0 Å². The largest absolute Gasteiger partial charge is 0.324 e. The highest BCUT2D eigenvalue weighted by Gasteiger charge is 2.33. The lowest BCUT2D eigenvalue weighted by Crippen LogP contribution is -2.50. The summed E-state index contributed by atoms with van der Waals surface area (Å²) in [6.45, 7) is 12.1. The van der Waals surface area contributed by atoms with Crippen LogP contribution in [0.3, 0.4) is 0 Å². The lowest BCUT2D eigenvalue weighted by molar-refractivity contribution is 0.116. The molecule has 1 aromatic heterocycles. The van der Waals surface area contributed by atoms with Gasteiger partial charge in [-0.25, -0.2) is 9.78 Å². The number of hydrogen-bond acceptors (Lipinski definition) is 5. The number of carbonyl (C=O) groups is 1. The van der Waals surface area contributed by atoms with Gasteiger partial charge in [0.15, 0.2) is 5.13 Å². The number of rotatable bonds is 9. The molecule has 0 atom stereocenters. The molecule has 0 radical (unpaired) electrons. The van der Waals surface area contributed by atoms with E-state index in [1.165, 1.54) is 42.7 Å². The smallest absolute Gasteiger partial charge is 0.319 e. The minimum atomic E-state index is 0.0879. The molecule has 0 aromatic carbocycles. The average molecular weight is 481 g/mol. The summed E-state index contributed by atoms with van der Waals surface area (Å²) in [5.74, 6) is 1.86. The van der Waals surface area contributed by atoms with Crippen LogP contribution in [-0.2, 0) is 0 Å². The van der Waals surface area contributed by atoms with E-state index in [0.717, 1.165) is 67.8 Å². The van der Waals surface area contributed by atoms with Crippen LogP contribution in [0.25, 0.3) is 0 Å². The first-order valence-electron chi connectivity index (χ1n) is 12.9. The van der Waals surface area contributed by atoms with Crippen molar-refractivity contribution in [3.63, 3.8) is 0 Å². The highest BCUT2D eigenvalue weighted by molar-refractivity contribution is 8.01. The summed E-state index contributed by atoms with van der Waals surface area (Å²) in [7, 11) is 0. The number of urea groups is 1. The van der Waals surface area contributed by atoms with E-state index in [1.54, 1.807) is 11.3 Å². The van der Waals surface area contributed by atoms with Gasteiger partial charge in [-0.05, 0) is 64.5 Å². The minimum Gasteiger partial charge on any atom is -0.319 e. The van der Waals surface area contributed by atoms with Gasteiger partial charge in [0.2, 0.25) is 0 Å². The van der Waals surface area contributed by atoms with Gasteiger partial charge in [0.25, 0.3) is 0 Å². The van der Waals surface area contributed by atoms with Crippen molar-refractivity contribution < 1.29 is 4.79 Å². The molecular weight excluding hydrogens is 436 g/mol. The van der Waals surface area contributed by atoms with E-state index in [-0.39, 0.29) is 6.03 Å². The Morgan fingerprint density at radius 3 is 2.28 bits per heavy atom. The maximum atomic E-state index is 13.6. The number of aryl methyl sites for hydroxylation is 1. The SMILES string of the molecule is CCN(CC)CCSc1sc(NC(=O)N(C2CCCCCC2)[C@H]2CC[C@H](C)CC2)nc1C. The fourth-order valence-electron chi connectivity index (χ4n) is 5.22. The predicted octanol–water partition coefficient (Wildman–Crippen LogP) is 7.02. The zero-order valence-electron chi connectivity index (χ0n) is 20.7. The van der Waals surface area contributed by atoms with Crippen molar-refractivity contribution >= 4 is 34.3 Å². The topological polar surface area (TPSA) is 48.5 Å². The summed E-state index contributed by atoms with van der Waals surface area (Å²) in [5, 5.41) is 3.99. The maximum absolute atomic E-state index is 13.6. The van der Waals surface area contributed by atoms with Crippen molar-refractivity contribution in [3.8, 4) is 0 Å². The van der Waals surface area contributed by atoms with E-state index in [9.17, 15) is 4.79 Å². The van der Waals surface area contributed by atoms with Crippen LogP contribution in [0.2, 0.25) is 0 Å². The van der Waals surface area contributed by atoms with Crippen molar-refractivity contribution in [2.45, 2.75) is 108 Å². The molecule has 1 heterocycles. The monoisotopic (exact) mass is 480 g/mol. The number of aromatic nitrogens is 1. The van der Waals surface area contributed by atoms with Gasteiger partial charge in [0, 0.05) is 24.4 Å². The van der Waals surface area contributed by atoms with Gasteiger partial charge < -0.3 is 9.80 Å². The minimum absolute atomic E-state index is 0.0879. The first kappa shape index (κ1) is 25.8. The van der Waals surface area contributed by atoms with Crippen LogP contribution in [0.5, 0.6) is 0 Å². The molecule has 2 aliphatic rings. The summed E-state index contributed by atoms with van der Waals surface area (Å²) in [6, 6.07) is 0.864. The molecule has 32 heavy (non-hydrogen) atoms. The van der Waals surface area contributed by atoms with Crippen LogP contribution < -0.4 is 5.32 Å². The van der Waals surface area contributed by atoms with Crippen LogP contribution in [0, 0.1) is 12.8 Å². The first-order valence-corrected chi connectivity index (χ1v) is 14.7. The molecule has 0 saturated heterocycles. The quantitative estimate of drug-likeness (QED) is 0.305. The molecule has 3 rings (SSSR count). The number of anilines is 1. The number of thiazole rings is 1. The summed E-state index contributed by atoms with van der Waals surface area (Å²) < 4.78 is 1.24. The Morgan fingerprint density at radius 1 is 1.03 bits per heavy atom. The molecule has 5 nitrogen and oxygen atoms in total. The van der Waals surface area contributed by atoms with Crippen molar-refractivity contribution in [1.82, 2.24) is 14.8 Å². The number of amides is 2. The van der Waals surface area contributed by atoms with Crippen molar-refractivity contribution in [2.75, 3.05) is 30.7 Å². The standard InChI is InChI=1S/C25H44N4OS2/c1-5-28(6-2)17-18-31-23-20(4)26-24(32-23)27-25(30)29(21-11-9-7-8-10-12-21)22-15-13-19(3)14-16-22/h19,21-22H,5-18H2,1-4H3,(H,26,27,30)/t19-,22-. The lowest BCUT2D eigenvalue weighted by Gasteiger charge is -2.40. The predicted molar refractivity (Wildman–Crippen MR) is 139 cm³/mol. The number of nitrogens with zero attached hydrogens (tertiary/aromatic N) is 3. The number of carbonyl (C=O) groups excluding carboxylic acids is 1. The van der Waals surface area contributed by atoms with Crippen molar-refractivity contribution in [2.24, 2.45) is 5.92 Å². The highest BCUT2D eigenvalue weighted by Crippen LogP contribution is 2.35. The van der Waals surface area contributed by atoms with Gasteiger partial charge in [-0.15, -0.1) is 11.8 Å². The van der Waals surface area contributed by atoms with Crippen LogP contribution in [0.4, 0.5) is 9.93 Å². The maximum Gasteiger partial charge on any atom is 0.324 e. The third-order valence-electron chi connectivity index (χ3n) is 7.33. The number of hydrogen-bond donors (Lipinski definition) is 1. The normalized spacial score (nSPS) is 22.7. The number of thioether (sulfide) groups is 1. The van der Waals surface area contributed by atoms with E-state index in [0.29, 0.717) is 12.1 Å². The van der Waals surface area contributed by atoms with E-state index in [2.05, 4.69) is 42.8 Å². The van der Waals surface area contributed by atoms with Gasteiger partial charge in [-0.3, -0.25) is 5.32 Å². The Bertz CT molecular complexity index is 690. The summed E-state index contributed by atoms with van der Waals surface area (Å²) in [4.78, 5) is 23.0. The highest BCUT2D eigenvalue weighted by atomic mass is 32.2. The van der Waals surface area contributed by atoms with Crippen molar-refractivity contribution in [3.05, 3.63) is 5.69 Å². The Balaban J connectivity index is 1.64. The van der Waals surface area contributed by atoms with Crippen LogP contribution in [0.15, 0.2) is 4.21 Å². The van der Waals surface area contributed by atoms with Gasteiger partial charge in [0.1, 0.15) is 0 Å². The average Bonchev–Trinajstić information content (AvgIpc) is 2.96. The van der Waals surface area contributed by atoms with Gasteiger partial charge in [-0.2, -0.15) is 0 Å². The van der Waals surface area contributed by atoms with Crippen LogP contribution >= 0.6 is 23.1 Å². The Kier molecular flexibility index (Phi) is 10.6. The molecule has 7 heteroatoms. The fraction of sp³-hybridized carbons (Fsp3) is 0.840. The molecule has 2 saturated carbocycles. The Hall–Kier alpha value is -0.790. The second-order valence-corrected chi connectivity index (χ2v) is 12.0. The van der Waals surface area contributed by atoms with E-state index in [4.69, 9.17) is 4.98 Å². The Morgan fingerprint density at radius 2 is 1.66 bits per heavy atom. The van der Waals surface area contributed by atoms with Gasteiger partial charge >= 0.3 is 6.03 Å². The Labute approximate surface area is 204 Å². The number of nitrogens with one attached hydrogen (secondary N) is 1. The first-order chi connectivity index (χ1) is 15.5. The van der Waals surface area contributed by atoms with E-state index >= 15 is 0 Å². The molecule has 0 unspecified atom stereocenters. The summed E-state index contributed by atoms with van der Waals surface area (Å²) in [6.07, 6.45) is 12.2. The molecule has 0 aliphatic heterocycles. The van der Waals surface area contributed by atoms with Crippen LogP contribution in [0.1, 0.15) is 90.7 Å². The molecular formula is C25H44N4OS2. The summed E-state index contributed by atoms with van der Waals surface area (Å²) >= 11 is 3.52. The lowest BCUT2D eigenvalue weighted by atomic mass is 9.85. The van der Waals surface area contributed by atoms with E-state index in [1.807, 2.05) is 11.8 Å². The molecule has 2 fully saturated rings. The van der Waals surface area contributed by atoms with Crippen LogP contribution in [-0.4, -0.2) is 58.3 Å². The fourth-order valence-corrected chi connectivity index (χ4v) is 7.42. The molecule has 1 aromatic rings. The second kappa shape index (κ2) is 13.2. The third-order valence-corrected chi connectivity index (χ3v) is 9.75. The zero-order valence-corrected chi connectivity index (χ0v) is 22.3. The third kappa shape index (κ3) is 7.36. The molecule has 2 amide bonds. The molecule has 0 bridgehead atoms. The second-order valence-electron chi connectivity index (χ2n) is 9.66. The van der Waals surface area contributed by atoms with Gasteiger partial charge in [-0.1, -0.05) is 57.8 Å². The summed E-state index contributed by atoms with van der Waals surface area (Å²) in [5.41, 5.74) is 1.04. The molecule has 0 spiro atoms. The molecule has 182 valence electrons. The van der Waals surface area contributed by atoms with Gasteiger partial charge in [0.05, 0.1) is 9.90 Å². The van der Waals surface area contributed by atoms with Crippen molar-refractivity contribution in [1.29, 1.82) is 0 Å².